The summed E-state index contributed by atoms with van der Waals surface area (Å²) in [5.74, 6) is -1.66. The van der Waals surface area contributed by atoms with E-state index in [-0.39, 0.29) is 0 Å². The summed E-state index contributed by atoms with van der Waals surface area (Å²) < 4.78 is 1.32. The summed E-state index contributed by atoms with van der Waals surface area (Å²) in [5, 5.41) is 12.0. The van der Waals surface area contributed by atoms with Crippen LogP contribution in [0.15, 0.2) is 12.7 Å². The Bertz CT molecular complexity index is 337. The molecule has 1 aromatic heterocycles. The number of hydroxylamine groups is 1. The minimum absolute atomic E-state index is 0.498. The first-order valence-corrected chi connectivity index (χ1v) is 4.09. The third-order valence-corrected chi connectivity index (χ3v) is 1.58. The Labute approximate surface area is 84.8 Å². The molecule has 0 aromatic carbocycles. The smallest absolute Gasteiger partial charge is 0.332 e. The molecule has 0 saturated heterocycles. The van der Waals surface area contributed by atoms with E-state index < -0.39 is 24.5 Å². The van der Waals surface area contributed by atoms with Gasteiger partial charge in [0.2, 0.25) is 0 Å². The van der Waals surface area contributed by atoms with Crippen LogP contribution in [0.3, 0.4) is 0 Å². The number of carboxylic acids is 1. The van der Waals surface area contributed by atoms with E-state index in [9.17, 15) is 9.59 Å². The zero-order valence-electron chi connectivity index (χ0n) is 7.95. The number of carbonyl (C=O) groups excluding carboxylic acids is 1. The minimum atomic E-state index is -1.16. The van der Waals surface area contributed by atoms with Crippen LogP contribution in [0.25, 0.3) is 0 Å². The van der Waals surface area contributed by atoms with Gasteiger partial charge in [-0.2, -0.15) is 5.10 Å². The topological polar surface area (TPSA) is 106 Å². The molecule has 8 heteroatoms. The van der Waals surface area contributed by atoms with Gasteiger partial charge in [-0.15, -0.1) is 0 Å². The maximum Gasteiger partial charge on any atom is 0.332 e. The highest BCUT2D eigenvalue weighted by Gasteiger charge is 2.15. The number of hydrogen-bond donors (Lipinski definition) is 2. The molecule has 15 heavy (non-hydrogen) atoms. The Morgan fingerprint density at radius 1 is 1.67 bits per heavy atom. The lowest BCUT2D eigenvalue weighted by atomic mass is 10.3. The van der Waals surface area contributed by atoms with Crippen molar-refractivity contribution in [2.75, 3.05) is 6.61 Å². The molecule has 1 aromatic rings. The molecule has 1 heterocycles. The van der Waals surface area contributed by atoms with Crippen molar-refractivity contribution in [2.24, 2.45) is 0 Å². The van der Waals surface area contributed by atoms with E-state index in [1.165, 1.54) is 17.3 Å². The van der Waals surface area contributed by atoms with Gasteiger partial charge in [0.15, 0.2) is 6.61 Å². The van der Waals surface area contributed by atoms with Crippen molar-refractivity contribution in [1.29, 1.82) is 0 Å². The molecule has 0 aliphatic rings. The maximum absolute atomic E-state index is 11.3. The van der Waals surface area contributed by atoms with Gasteiger partial charge in [-0.1, -0.05) is 0 Å². The first-order chi connectivity index (χ1) is 7.11. The van der Waals surface area contributed by atoms with E-state index in [2.05, 4.69) is 14.9 Å². The summed E-state index contributed by atoms with van der Waals surface area (Å²) in [4.78, 5) is 29.5. The number of rotatable bonds is 5. The van der Waals surface area contributed by atoms with Gasteiger partial charge in [-0.3, -0.25) is 9.63 Å². The molecule has 0 saturated carbocycles. The second-order valence-electron chi connectivity index (χ2n) is 2.70. The molecule has 0 fully saturated rings. The van der Waals surface area contributed by atoms with Gasteiger partial charge >= 0.3 is 5.97 Å². The van der Waals surface area contributed by atoms with Crippen molar-refractivity contribution in [3.05, 3.63) is 12.7 Å². The van der Waals surface area contributed by atoms with E-state index in [0.717, 1.165) is 0 Å². The summed E-state index contributed by atoms with van der Waals surface area (Å²) in [6.45, 7) is 0.990. The molecule has 0 spiro atoms. The van der Waals surface area contributed by atoms with Crippen molar-refractivity contribution >= 4 is 11.9 Å². The van der Waals surface area contributed by atoms with Gasteiger partial charge in [0.05, 0.1) is 0 Å². The van der Waals surface area contributed by atoms with Crippen LogP contribution in [0.4, 0.5) is 0 Å². The van der Waals surface area contributed by atoms with Crippen LogP contribution in [-0.4, -0.2) is 38.4 Å². The third-order valence-electron chi connectivity index (χ3n) is 1.58. The van der Waals surface area contributed by atoms with Crippen LogP contribution < -0.4 is 5.48 Å². The largest absolute Gasteiger partial charge is 0.479 e. The Morgan fingerprint density at radius 2 is 2.40 bits per heavy atom. The Morgan fingerprint density at radius 3 is 2.93 bits per heavy atom. The molecule has 1 amide bonds. The van der Waals surface area contributed by atoms with E-state index in [1.807, 2.05) is 5.48 Å². The van der Waals surface area contributed by atoms with E-state index in [4.69, 9.17) is 5.11 Å². The average Bonchev–Trinajstić information content (AvgIpc) is 2.68. The molecule has 0 radical (unpaired) electrons. The van der Waals surface area contributed by atoms with Crippen LogP contribution in [0.5, 0.6) is 0 Å². The lowest BCUT2D eigenvalue weighted by Gasteiger charge is -2.10. The molecular weight excluding hydrogens is 204 g/mol. The van der Waals surface area contributed by atoms with Crippen LogP contribution in [0, 0.1) is 0 Å². The van der Waals surface area contributed by atoms with Crippen molar-refractivity contribution in [3.8, 4) is 0 Å². The summed E-state index contributed by atoms with van der Waals surface area (Å²) in [6, 6.07) is -0.610. The quantitative estimate of drug-likeness (QED) is 0.607. The van der Waals surface area contributed by atoms with E-state index in [1.54, 1.807) is 6.92 Å². The number of nitrogens with one attached hydrogen (secondary N) is 1. The van der Waals surface area contributed by atoms with Crippen molar-refractivity contribution in [1.82, 2.24) is 20.2 Å². The highest BCUT2D eigenvalue weighted by Crippen LogP contribution is 2.00. The van der Waals surface area contributed by atoms with Gasteiger partial charge in [0.25, 0.3) is 5.91 Å². The van der Waals surface area contributed by atoms with Gasteiger partial charge < -0.3 is 5.11 Å². The number of aliphatic carboxylic acids is 1. The molecule has 8 nitrogen and oxygen atoms in total. The molecule has 0 aliphatic carbocycles. The Balaban J connectivity index is 2.37. The van der Waals surface area contributed by atoms with Crippen molar-refractivity contribution in [2.45, 2.75) is 13.0 Å². The highest BCUT2D eigenvalue weighted by molar-refractivity contribution is 5.78. The summed E-state index contributed by atoms with van der Waals surface area (Å²) >= 11 is 0. The predicted octanol–water partition coefficient (Wildman–Crippen LogP) is -1.03. The first-order valence-electron chi connectivity index (χ1n) is 4.09. The number of carbonyl (C=O) groups is 2. The lowest BCUT2D eigenvalue weighted by molar-refractivity contribution is -0.150. The second kappa shape index (κ2) is 5.05. The predicted molar refractivity (Wildman–Crippen MR) is 46.5 cm³/mol. The van der Waals surface area contributed by atoms with Gasteiger partial charge in [-0.05, 0) is 6.92 Å². The summed E-state index contributed by atoms with van der Waals surface area (Å²) in [7, 11) is 0. The fourth-order valence-electron chi connectivity index (χ4n) is 0.792. The molecule has 0 aliphatic heterocycles. The molecule has 1 unspecified atom stereocenters. The Hall–Kier alpha value is -1.96. The zero-order valence-corrected chi connectivity index (χ0v) is 7.95. The number of carboxylic acid groups (broad SMARTS) is 1. The van der Waals surface area contributed by atoms with Gasteiger partial charge in [0, 0.05) is 0 Å². The van der Waals surface area contributed by atoms with E-state index >= 15 is 0 Å². The average molecular weight is 214 g/mol. The SMILES string of the molecule is CC(C(=O)NOCC(=O)O)n1cncn1. The van der Waals surface area contributed by atoms with Crippen molar-refractivity contribution < 1.29 is 19.5 Å². The third kappa shape index (κ3) is 3.35. The normalized spacial score (nSPS) is 12.1. The maximum atomic E-state index is 11.3. The second-order valence-corrected chi connectivity index (χ2v) is 2.70. The first kappa shape index (κ1) is 11.1. The van der Waals surface area contributed by atoms with Crippen LogP contribution in [0.2, 0.25) is 0 Å². The monoisotopic (exact) mass is 214 g/mol. The molecule has 0 bridgehead atoms. The highest BCUT2D eigenvalue weighted by atomic mass is 16.7. The summed E-state index contributed by atoms with van der Waals surface area (Å²) in [6.07, 6.45) is 2.67. The lowest BCUT2D eigenvalue weighted by Crippen LogP contribution is -2.32. The Kier molecular flexibility index (Phi) is 3.75. The molecular formula is C7H10N4O4. The van der Waals surface area contributed by atoms with Crippen LogP contribution in [-0.2, 0) is 14.4 Å². The zero-order chi connectivity index (χ0) is 11.3. The molecule has 1 rings (SSSR count). The van der Waals surface area contributed by atoms with E-state index in [0.29, 0.717) is 0 Å². The number of amides is 1. The number of hydrogen-bond acceptors (Lipinski definition) is 5. The number of aromatic nitrogens is 3. The van der Waals surface area contributed by atoms with Gasteiger partial charge in [0.1, 0.15) is 18.7 Å². The minimum Gasteiger partial charge on any atom is -0.479 e. The fourth-order valence-corrected chi connectivity index (χ4v) is 0.792. The number of nitrogens with zero attached hydrogens (tertiary/aromatic N) is 3. The van der Waals surface area contributed by atoms with Crippen LogP contribution in [0.1, 0.15) is 13.0 Å². The van der Waals surface area contributed by atoms with Gasteiger partial charge in [-0.25, -0.2) is 19.9 Å². The molecule has 1 atom stereocenters. The standard InChI is InChI=1S/C7H10N4O4/c1-5(11-4-8-3-9-11)7(14)10-15-2-6(12)13/h3-5H,2H2,1H3,(H,10,14)(H,12,13). The fraction of sp³-hybridized carbons (Fsp3) is 0.429. The summed E-state index contributed by atoms with van der Waals surface area (Å²) in [5.41, 5.74) is 1.99. The van der Waals surface area contributed by atoms with Crippen LogP contribution >= 0.6 is 0 Å². The van der Waals surface area contributed by atoms with Crippen molar-refractivity contribution in [3.63, 3.8) is 0 Å². The molecule has 82 valence electrons. The molecule has 2 N–H and O–H groups in total.